The molecule has 0 spiro atoms. The summed E-state index contributed by atoms with van der Waals surface area (Å²) in [6.45, 7) is 4.64. The van der Waals surface area contributed by atoms with Crippen molar-refractivity contribution in [3.63, 3.8) is 0 Å². The Labute approximate surface area is 194 Å². The molecule has 2 nitrogen and oxygen atoms in total. The Bertz CT molecular complexity index is 1170. The number of halogens is 2. The van der Waals surface area contributed by atoms with E-state index in [0.29, 0.717) is 5.56 Å². The van der Waals surface area contributed by atoms with E-state index in [2.05, 4.69) is 60.1 Å². The summed E-state index contributed by atoms with van der Waals surface area (Å²) in [5.41, 5.74) is 0.315. The Morgan fingerprint density at radius 3 is 2.28 bits per heavy atom. The zero-order valence-electron chi connectivity index (χ0n) is 16.1. The Morgan fingerprint density at radius 2 is 1.59 bits per heavy atom. The van der Waals surface area contributed by atoms with Gasteiger partial charge in [0.1, 0.15) is 0 Å². The van der Waals surface area contributed by atoms with Gasteiger partial charge in [-0.1, -0.05) is 34.1 Å². The van der Waals surface area contributed by atoms with Crippen LogP contribution in [0, 0.1) is 0 Å². The minimum absolute atomic E-state index is 0.315. The average Bonchev–Trinajstić information content (AvgIpc) is 2.68. The summed E-state index contributed by atoms with van der Waals surface area (Å²) < 4.78 is 3.42. The van der Waals surface area contributed by atoms with Crippen LogP contribution in [-0.4, -0.2) is 32.2 Å². The smallest absolute Gasteiger partial charge is 0.335 e. The van der Waals surface area contributed by atoms with Crippen molar-refractivity contribution in [3.05, 3.63) is 87.9 Å². The molecule has 0 aromatic heterocycles. The molecule has 0 amide bonds. The van der Waals surface area contributed by atoms with E-state index in [-0.39, 0.29) is 0 Å². The van der Waals surface area contributed by atoms with Crippen molar-refractivity contribution < 1.29 is 9.90 Å². The second kappa shape index (κ2) is 9.96. The first-order chi connectivity index (χ1) is 13.8. The van der Waals surface area contributed by atoms with Crippen molar-refractivity contribution in [2.45, 2.75) is 17.8 Å². The molecule has 0 aliphatic carbocycles. The van der Waals surface area contributed by atoms with Gasteiger partial charge in [-0.3, -0.25) is 0 Å². The fourth-order valence-electron chi connectivity index (χ4n) is 3.07. The number of hydrogen-bond donors (Lipinski definition) is 1. The molecule has 0 atom stereocenters. The van der Waals surface area contributed by atoms with Gasteiger partial charge in [-0.15, -0.1) is 0 Å². The molecule has 146 valence electrons. The van der Waals surface area contributed by atoms with Crippen LogP contribution in [0.3, 0.4) is 0 Å². The molecule has 0 bridgehead atoms. The molecule has 4 aromatic carbocycles. The van der Waals surface area contributed by atoms with Crippen LogP contribution in [0.2, 0.25) is 8.96 Å². The minimum atomic E-state index is -0.896. The second-order valence-electron chi connectivity index (χ2n) is 6.95. The maximum atomic E-state index is 10.7. The van der Waals surface area contributed by atoms with Crippen molar-refractivity contribution in [1.29, 1.82) is 0 Å². The van der Waals surface area contributed by atoms with Gasteiger partial charge >= 0.3 is 112 Å². The molecule has 1 N–H and O–H groups in total. The molecule has 29 heavy (non-hydrogen) atoms. The van der Waals surface area contributed by atoms with Crippen LogP contribution in [0.1, 0.15) is 24.2 Å². The standard InChI is InChI=1S/C11H7BrO2.C10H6Cl.C3H7.Sn/c12-10-3-1-2-7-6-8(11(13)14)4-5-9(7)10;11-10-6-5-8-3-1-2-4-9(8)7-10;1-3-2;/h1-6H,(H,13,14);1-2,4-7H;3H,1-2H3;. The maximum Gasteiger partial charge on any atom is 0.335 e. The van der Waals surface area contributed by atoms with Crippen molar-refractivity contribution in [2.75, 3.05) is 0 Å². The van der Waals surface area contributed by atoms with Crippen LogP contribution in [0.25, 0.3) is 21.5 Å². The van der Waals surface area contributed by atoms with Gasteiger partial charge in [0.25, 0.3) is 0 Å². The number of fused-ring (bicyclic) bond motifs is 2. The molecule has 0 heterocycles. The summed E-state index contributed by atoms with van der Waals surface area (Å²) in [5.74, 6) is -0.896. The van der Waals surface area contributed by atoms with Crippen LogP contribution >= 0.6 is 27.5 Å². The predicted octanol–water partition coefficient (Wildman–Crippen LogP) is 6.95. The fraction of sp³-hybridized carbons (Fsp3) is 0.125. The third-order valence-electron chi connectivity index (χ3n) is 4.36. The van der Waals surface area contributed by atoms with Gasteiger partial charge in [0, 0.05) is 4.47 Å². The Morgan fingerprint density at radius 1 is 0.931 bits per heavy atom. The number of rotatable bonds is 3. The molecule has 0 saturated carbocycles. The summed E-state index contributed by atoms with van der Waals surface area (Å²) in [5, 5.41) is 14.3. The first-order valence-corrected chi connectivity index (χ1v) is 13.5. The van der Waals surface area contributed by atoms with Crippen molar-refractivity contribution in [2.24, 2.45) is 0 Å². The first kappa shape index (κ1) is 22.1. The summed E-state index contributed by atoms with van der Waals surface area (Å²) in [6.07, 6.45) is 0. The molecule has 0 unspecified atom stereocenters. The largest absolute Gasteiger partial charge is 0.478 e. The van der Waals surface area contributed by atoms with Gasteiger partial charge in [-0.25, -0.2) is 4.79 Å². The van der Waals surface area contributed by atoms with E-state index in [0.717, 1.165) is 24.2 Å². The van der Waals surface area contributed by atoms with Crippen LogP contribution in [0.5, 0.6) is 0 Å². The molecule has 0 aliphatic rings. The van der Waals surface area contributed by atoms with Crippen LogP contribution in [0.4, 0.5) is 0 Å². The van der Waals surface area contributed by atoms with Gasteiger partial charge in [-0.05, 0) is 29.0 Å². The molecule has 4 aromatic rings. The summed E-state index contributed by atoms with van der Waals surface area (Å²) in [7, 11) is 0. The number of carbonyl (C=O) groups is 1. The van der Waals surface area contributed by atoms with Crippen molar-refractivity contribution in [1.82, 2.24) is 0 Å². The predicted molar refractivity (Wildman–Crippen MR) is 128 cm³/mol. The van der Waals surface area contributed by atoms with Crippen LogP contribution < -0.4 is 3.58 Å². The fourth-order valence-corrected chi connectivity index (χ4v) is 7.18. The average molecular weight is 574 g/mol. The van der Waals surface area contributed by atoms with Crippen molar-refractivity contribution >= 4 is 79.8 Å². The van der Waals surface area contributed by atoms with E-state index < -0.39 is 27.1 Å². The maximum absolute atomic E-state index is 10.7. The van der Waals surface area contributed by atoms with E-state index in [4.69, 9.17) is 16.7 Å². The summed E-state index contributed by atoms with van der Waals surface area (Å²) in [4.78, 5) is 10.7. The second-order valence-corrected chi connectivity index (χ2v) is 13.9. The molecule has 0 saturated heterocycles. The SMILES string of the molecule is C[CH](C)[Sn][c]1cccc2cc(Cl)ccc12.O=C(O)c1ccc2c(Br)cccc2c1. The monoisotopic (exact) mass is 574 g/mol. The van der Waals surface area contributed by atoms with Crippen LogP contribution in [-0.2, 0) is 0 Å². The van der Waals surface area contributed by atoms with E-state index >= 15 is 0 Å². The van der Waals surface area contributed by atoms with Crippen LogP contribution in [0.15, 0.2) is 77.3 Å². The molecule has 0 aliphatic heterocycles. The van der Waals surface area contributed by atoms with Gasteiger partial charge in [0.2, 0.25) is 0 Å². The van der Waals surface area contributed by atoms with E-state index in [1.165, 1.54) is 10.8 Å². The molecule has 5 heteroatoms. The zero-order chi connectivity index (χ0) is 21.0. The molecule has 2 radical (unpaired) electrons. The number of carboxylic acid groups (broad SMARTS) is 1. The number of hydrogen-bond acceptors (Lipinski definition) is 1. The van der Waals surface area contributed by atoms with Crippen molar-refractivity contribution in [3.8, 4) is 0 Å². The Balaban J connectivity index is 0.000000166. The normalized spacial score (nSPS) is 10.8. The topological polar surface area (TPSA) is 37.3 Å². The van der Waals surface area contributed by atoms with Gasteiger partial charge in [-0.2, -0.15) is 0 Å². The molecular weight excluding hydrogens is 554 g/mol. The third kappa shape index (κ3) is 5.74. The third-order valence-corrected chi connectivity index (χ3v) is 9.07. The summed E-state index contributed by atoms with van der Waals surface area (Å²) >= 11 is 8.96. The van der Waals surface area contributed by atoms with E-state index in [1.54, 1.807) is 15.7 Å². The number of aromatic carboxylic acids is 1. The van der Waals surface area contributed by atoms with Gasteiger partial charge < -0.3 is 5.11 Å². The summed E-state index contributed by atoms with van der Waals surface area (Å²) in [6, 6.07) is 23.6. The number of carboxylic acids is 1. The first-order valence-electron chi connectivity index (χ1n) is 9.21. The van der Waals surface area contributed by atoms with Gasteiger partial charge in [0.15, 0.2) is 0 Å². The Kier molecular flexibility index (Phi) is 7.60. The van der Waals surface area contributed by atoms with Gasteiger partial charge in [0.05, 0.1) is 5.56 Å². The molecule has 0 fully saturated rings. The number of benzene rings is 4. The Hall–Kier alpha value is -1.56. The zero-order valence-corrected chi connectivity index (χ0v) is 21.3. The van der Waals surface area contributed by atoms with E-state index in [1.807, 2.05) is 30.3 Å². The molecular formula is C24H20BrClO2Sn. The molecule has 4 rings (SSSR count). The quantitative estimate of drug-likeness (QED) is 0.269. The minimum Gasteiger partial charge on any atom is -0.478 e. The van der Waals surface area contributed by atoms with E-state index in [9.17, 15) is 4.79 Å².